The number of hydrogen-bond acceptors (Lipinski definition) is 6. The summed E-state index contributed by atoms with van der Waals surface area (Å²) in [5.41, 5.74) is 1.82. The predicted molar refractivity (Wildman–Crippen MR) is 129 cm³/mol. The lowest BCUT2D eigenvalue weighted by molar-refractivity contribution is -0.129. The largest absolute Gasteiger partial charge is 0.493 e. The average Bonchev–Trinajstić information content (AvgIpc) is 2.78. The molecule has 2 aromatic carbocycles. The molecule has 0 unspecified atom stereocenters. The maximum absolute atomic E-state index is 12.7. The van der Waals surface area contributed by atoms with Gasteiger partial charge in [-0.2, -0.15) is 0 Å². The highest BCUT2D eigenvalue weighted by molar-refractivity contribution is 7.80. The van der Waals surface area contributed by atoms with Crippen LogP contribution < -0.4 is 25.0 Å². The molecular weight excluding hydrogens is 452 g/mol. The van der Waals surface area contributed by atoms with E-state index in [1.54, 1.807) is 42.2 Å². The van der Waals surface area contributed by atoms with Crippen molar-refractivity contribution < 1.29 is 19.1 Å². The van der Waals surface area contributed by atoms with E-state index in [0.717, 1.165) is 5.69 Å². The summed E-state index contributed by atoms with van der Waals surface area (Å²) in [6.45, 7) is 4.07. The molecule has 1 heterocycles. The van der Waals surface area contributed by atoms with Gasteiger partial charge in [-0.15, -0.1) is 0 Å². The maximum Gasteiger partial charge on any atom is 0.257 e. The van der Waals surface area contributed by atoms with Crippen molar-refractivity contribution >= 4 is 52.1 Å². The van der Waals surface area contributed by atoms with Crippen molar-refractivity contribution in [1.82, 2.24) is 10.2 Å². The van der Waals surface area contributed by atoms with Crippen molar-refractivity contribution in [3.63, 3.8) is 0 Å². The van der Waals surface area contributed by atoms with E-state index in [4.69, 9.17) is 33.3 Å². The summed E-state index contributed by atoms with van der Waals surface area (Å²) in [6.07, 6.45) is 0. The Morgan fingerprint density at radius 2 is 1.72 bits per heavy atom. The zero-order chi connectivity index (χ0) is 23.3. The molecule has 2 N–H and O–H groups in total. The number of benzene rings is 2. The number of para-hydroxylation sites is 1. The molecule has 0 spiro atoms. The summed E-state index contributed by atoms with van der Waals surface area (Å²) >= 11 is 11.9. The third kappa shape index (κ3) is 5.41. The number of amides is 2. The molecule has 0 atom stereocenters. The molecule has 2 amide bonds. The van der Waals surface area contributed by atoms with Crippen LogP contribution in [0.25, 0.3) is 0 Å². The van der Waals surface area contributed by atoms with Crippen molar-refractivity contribution in [2.24, 2.45) is 0 Å². The zero-order valence-electron chi connectivity index (χ0n) is 18.1. The van der Waals surface area contributed by atoms with Gasteiger partial charge >= 0.3 is 0 Å². The van der Waals surface area contributed by atoms with Crippen LogP contribution in [0.5, 0.6) is 11.5 Å². The lowest BCUT2D eigenvalue weighted by atomic mass is 10.2. The first-order valence-electron chi connectivity index (χ1n) is 9.97. The number of rotatable bonds is 5. The van der Waals surface area contributed by atoms with Gasteiger partial charge in [0.2, 0.25) is 5.91 Å². The van der Waals surface area contributed by atoms with Gasteiger partial charge in [0.1, 0.15) is 0 Å². The third-order valence-corrected chi connectivity index (χ3v) is 5.66. The molecule has 0 radical (unpaired) electrons. The standard InChI is InChI=1S/C22H25ClN4O4S/c1-14(28)26-9-11-27(12-10-26)20-16(23)5-4-6-17(20)24-22(32)25-21(29)15-7-8-18(30-2)19(13-15)31-3/h4-8,13H,9-12H2,1-3H3,(H2,24,25,29,32). The van der Waals surface area contributed by atoms with Gasteiger partial charge in [-0.1, -0.05) is 17.7 Å². The fraction of sp³-hybridized carbons (Fsp3) is 0.318. The Labute approximate surface area is 197 Å². The lowest BCUT2D eigenvalue weighted by Gasteiger charge is -2.37. The highest BCUT2D eigenvalue weighted by Gasteiger charge is 2.23. The van der Waals surface area contributed by atoms with Gasteiger partial charge < -0.3 is 24.6 Å². The van der Waals surface area contributed by atoms with E-state index in [1.165, 1.54) is 14.2 Å². The second-order valence-corrected chi connectivity index (χ2v) is 7.92. The molecule has 1 aliphatic heterocycles. The van der Waals surface area contributed by atoms with Crippen LogP contribution in [0.1, 0.15) is 17.3 Å². The first-order valence-corrected chi connectivity index (χ1v) is 10.8. The van der Waals surface area contributed by atoms with Crippen LogP contribution in [-0.2, 0) is 4.79 Å². The van der Waals surface area contributed by atoms with Crippen molar-refractivity contribution in [1.29, 1.82) is 0 Å². The Hall–Kier alpha value is -3.04. The molecule has 1 aliphatic rings. The minimum Gasteiger partial charge on any atom is -0.493 e. The normalized spacial score (nSPS) is 13.4. The van der Waals surface area contributed by atoms with Gasteiger partial charge in [0.05, 0.1) is 30.6 Å². The number of halogens is 1. The molecule has 1 fully saturated rings. The van der Waals surface area contributed by atoms with E-state index in [9.17, 15) is 9.59 Å². The van der Waals surface area contributed by atoms with Crippen LogP contribution in [-0.4, -0.2) is 62.2 Å². The summed E-state index contributed by atoms with van der Waals surface area (Å²) in [7, 11) is 3.03. The van der Waals surface area contributed by atoms with E-state index in [0.29, 0.717) is 54.0 Å². The molecule has 0 saturated carbocycles. The monoisotopic (exact) mass is 476 g/mol. The summed E-state index contributed by atoms with van der Waals surface area (Å²) in [4.78, 5) is 28.2. The van der Waals surface area contributed by atoms with E-state index < -0.39 is 0 Å². The van der Waals surface area contributed by atoms with Gasteiger partial charge in [-0.3, -0.25) is 14.9 Å². The summed E-state index contributed by atoms with van der Waals surface area (Å²) in [6, 6.07) is 10.3. The Balaban J connectivity index is 1.71. The van der Waals surface area contributed by atoms with Crippen molar-refractivity contribution in [3.05, 3.63) is 47.0 Å². The number of thiocarbonyl (C=S) groups is 1. The van der Waals surface area contributed by atoms with Crippen LogP contribution in [0.2, 0.25) is 5.02 Å². The van der Waals surface area contributed by atoms with Gasteiger partial charge in [0.25, 0.3) is 5.91 Å². The van der Waals surface area contributed by atoms with E-state index in [1.807, 2.05) is 6.07 Å². The second-order valence-electron chi connectivity index (χ2n) is 7.11. The highest BCUT2D eigenvalue weighted by Crippen LogP contribution is 2.34. The Kier molecular flexibility index (Phi) is 7.76. The summed E-state index contributed by atoms with van der Waals surface area (Å²) < 4.78 is 10.4. The molecule has 1 saturated heterocycles. The average molecular weight is 477 g/mol. The molecule has 2 aromatic rings. The molecule has 170 valence electrons. The SMILES string of the molecule is COc1ccc(C(=O)NC(=S)Nc2cccc(Cl)c2N2CCN(C(C)=O)CC2)cc1OC. The number of nitrogens with zero attached hydrogens (tertiary/aromatic N) is 2. The van der Waals surface area contributed by atoms with Gasteiger partial charge in [0.15, 0.2) is 16.6 Å². The predicted octanol–water partition coefficient (Wildman–Crippen LogP) is 3.15. The Morgan fingerprint density at radius 3 is 2.34 bits per heavy atom. The van der Waals surface area contributed by atoms with Gasteiger partial charge in [-0.25, -0.2) is 0 Å². The molecule has 8 nitrogen and oxygen atoms in total. The fourth-order valence-corrected chi connectivity index (χ4v) is 3.99. The van der Waals surface area contributed by atoms with E-state index in [2.05, 4.69) is 15.5 Å². The number of carbonyl (C=O) groups is 2. The van der Waals surface area contributed by atoms with Crippen molar-refractivity contribution in [2.75, 3.05) is 50.6 Å². The molecule has 0 bridgehead atoms. The van der Waals surface area contributed by atoms with Crippen LogP contribution >= 0.6 is 23.8 Å². The number of methoxy groups -OCH3 is 2. The Bertz CT molecular complexity index is 1020. The minimum absolute atomic E-state index is 0.0567. The van der Waals surface area contributed by atoms with Crippen LogP contribution in [0.3, 0.4) is 0 Å². The first kappa shape index (κ1) is 23.6. The van der Waals surface area contributed by atoms with Gasteiger partial charge in [0, 0.05) is 38.7 Å². The zero-order valence-corrected chi connectivity index (χ0v) is 19.7. The lowest BCUT2D eigenvalue weighted by Crippen LogP contribution is -2.48. The van der Waals surface area contributed by atoms with Crippen molar-refractivity contribution in [2.45, 2.75) is 6.92 Å². The number of piperazine rings is 1. The number of nitrogens with one attached hydrogen (secondary N) is 2. The molecule has 0 aromatic heterocycles. The van der Waals surface area contributed by atoms with Crippen LogP contribution in [0.15, 0.2) is 36.4 Å². The third-order valence-electron chi connectivity index (χ3n) is 5.15. The molecule has 10 heteroatoms. The Morgan fingerprint density at radius 1 is 1.03 bits per heavy atom. The van der Waals surface area contributed by atoms with Crippen LogP contribution in [0, 0.1) is 0 Å². The number of anilines is 2. The van der Waals surface area contributed by atoms with Crippen molar-refractivity contribution in [3.8, 4) is 11.5 Å². The minimum atomic E-state index is -0.387. The highest BCUT2D eigenvalue weighted by atomic mass is 35.5. The van der Waals surface area contributed by atoms with Crippen LogP contribution in [0.4, 0.5) is 11.4 Å². The first-order chi connectivity index (χ1) is 15.3. The smallest absolute Gasteiger partial charge is 0.257 e. The second kappa shape index (κ2) is 10.5. The van der Waals surface area contributed by atoms with Gasteiger partial charge in [-0.05, 0) is 42.5 Å². The molecule has 0 aliphatic carbocycles. The molecule has 32 heavy (non-hydrogen) atoms. The number of hydrogen-bond donors (Lipinski definition) is 2. The topological polar surface area (TPSA) is 83.1 Å². The number of carbonyl (C=O) groups excluding carboxylic acids is 2. The molecular formula is C22H25ClN4O4S. The van der Waals surface area contributed by atoms with E-state index in [-0.39, 0.29) is 16.9 Å². The maximum atomic E-state index is 12.7. The summed E-state index contributed by atoms with van der Waals surface area (Å²) in [5, 5.41) is 6.44. The summed E-state index contributed by atoms with van der Waals surface area (Å²) in [5.74, 6) is 0.641. The quantitative estimate of drug-likeness (QED) is 0.641. The molecule has 3 rings (SSSR count). The van der Waals surface area contributed by atoms with E-state index >= 15 is 0 Å². The fourth-order valence-electron chi connectivity index (χ4n) is 3.49. The number of ether oxygens (including phenoxy) is 2.